The summed E-state index contributed by atoms with van der Waals surface area (Å²) in [5.41, 5.74) is 3.51. The Kier molecular flexibility index (Phi) is 5.71. The van der Waals surface area contributed by atoms with E-state index >= 15 is 0 Å². The van der Waals surface area contributed by atoms with Crippen molar-refractivity contribution in [3.05, 3.63) is 89.7 Å². The molecule has 144 valence electrons. The first kappa shape index (κ1) is 18.3. The van der Waals surface area contributed by atoms with E-state index in [4.69, 9.17) is 0 Å². The molecular weight excluding hydrogens is 348 g/mol. The number of carbonyl (C=O) groups is 1. The summed E-state index contributed by atoms with van der Waals surface area (Å²) in [6, 6.07) is 21.0. The third-order valence-corrected chi connectivity index (χ3v) is 5.27. The number of likely N-dealkylation sites (tertiary alicyclic amines) is 1. The van der Waals surface area contributed by atoms with E-state index in [2.05, 4.69) is 46.8 Å². The van der Waals surface area contributed by atoms with E-state index in [0.717, 1.165) is 37.9 Å². The number of nitrogens with zero attached hydrogens (tertiary/aromatic N) is 3. The van der Waals surface area contributed by atoms with Crippen LogP contribution >= 0.6 is 0 Å². The van der Waals surface area contributed by atoms with E-state index in [1.54, 1.807) is 0 Å². The number of hydrogen-bond acceptors (Lipinski definition) is 2. The number of carbonyl (C=O) groups excluding carboxylic acids is 1. The van der Waals surface area contributed by atoms with Crippen LogP contribution in [0.2, 0.25) is 0 Å². The summed E-state index contributed by atoms with van der Waals surface area (Å²) in [7, 11) is 0. The fourth-order valence-corrected chi connectivity index (χ4v) is 3.84. The Bertz CT molecular complexity index is 891. The Morgan fingerprint density at radius 3 is 2.46 bits per heavy atom. The van der Waals surface area contributed by atoms with Crippen LogP contribution < -0.4 is 5.32 Å². The fourth-order valence-electron chi connectivity index (χ4n) is 3.84. The summed E-state index contributed by atoms with van der Waals surface area (Å²) in [6.07, 6.45) is 6.88. The zero-order chi connectivity index (χ0) is 19.2. The first-order chi connectivity index (χ1) is 13.8. The van der Waals surface area contributed by atoms with Crippen molar-refractivity contribution >= 4 is 6.03 Å². The van der Waals surface area contributed by atoms with Crippen LogP contribution in [0, 0.1) is 0 Å². The van der Waals surface area contributed by atoms with Crippen molar-refractivity contribution in [1.29, 1.82) is 0 Å². The molecule has 1 N–H and O–H groups in total. The topological polar surface area (TPSA) is 50.2 Å². The smallest absolute Gasteiger partial charge is 0.317 e. The summed E-state index contributed by atoms with van der Waals surface area (Å²) in [4.78, 5) is 14.7. The summed E-state index contributed by atoms with van der Waals surface area (Å²) >= 11 is 0. The molecule has 1 atom stereocenters. The van der Waals surface area contributed by atoms with Crippen LogP contribution in [0.4, 0.5) is 4.79 Å². The number of amides is 2. The Morgan fingerprint density at radius 2 is 1.71 bits per heavy atom. The van der Waals surface area contributed by atoms with Crippen molar-refractivity contribution in [1.82, 2.24) is 20.0 Å². The van der Waals surface area contributed by atoms with Crippen LogP contribution in [0.5, 0.6) is 0 Å². The van der Waals surface area contributed by atoms with E-state index in [0.29, 0.717) is 6.54 Å². The van der Waals surface area contributed by atoms with E-state index in [9.17, 15) is 4.79 Å². The molecule has 2 amide bonds. The molecule has 0 radical (unpaired) electrons. The first-order valence-electron chi connectivity index (χ1n) is 9.91. The van der Waals surface area contributed by atoms with Gasteiger partial charge in [0, 0.05) is 30.9 Å². The zero-order valence-corrected chi connectivity index (χ0v) is 16.0. The van der Waals surface area contributed by atoms with Gasteiger partial charge in [0.15, 0.2) is 0 Å². The number of benzene rings is 2. The minimum atomic E-state index is 0.0224. The zero-order valence-electron chi connectivity index (χ0n) is 16.0. The Labute approximate surface area is 166 Å². The van der Waals surface area contributed by atoms with Crippen LogP contribution in [-0.2, 0) is 19.5 Å². The molecule has 2 heterocycles. The normalized spacial score (nSPS) is 16.3. The van der Waals surface area contributed by atoms with Crippen LogP contribution in [0.15, 0.2) is 73.1 Å². The molecule has 0 saturated carbocycles. The minimum absolute atomic E-state index is 0.0224. The number of rotatable bonds is 6. The summed E-state index contributed by atoms with van der Waals surface area (Å²) in [6.45, 7) is 2.07. The quantitative estimate of drug-likeness (QED) is 0.712. The molecule has 1 aromatic heterocycles. The standard InChI is InChI=1S/C23H26N4O/c28-23(27-13-7-12-22(27)14-19-8-3-1-4-9-19)24-15-21-16-25-26(18-21)17-20-10-5-2-6-11-20/h1-6,8-11,16,18,22H,7,12-15,17H2,(H,24,28). The Hall–Kier alpha value is -3.08. The lowest BCUT2D eigenvalue weighted by atomic mass is 10.0. The van der Waals surface area contributed by atoms with Gasteiger partial charge in [-0.3, -0.25) is 4.68 Å². The maximum Gasteiger partial charge on any atom is 0.317 e. The summed E-state index contributed by atoms with van der Waals surface area (Å²) in [5.74, 6) is 0. The van der Waals surface area contributed by atoms with Gasteiger partial charge in [0.1, 0.15) is 0 Å². The highest BCUT2D eigenvalue weighted by Crippen LogP contribution is 2.21. The molecule has 3 aromatic rings. The number of nitrogens with one attached hydrogen (secondary N) is 1. The van der Waals surface area contributed by atoms with Crippen LogP contribution in [0.1, 0.15) is 29.5 Å². The molecule has 0 aliphatic carbocycles. The van der Waals surface area contributed by atoms with Gasteiger partial charge in [0.25, 0.3) is 0 Å². The second-order valence-corrected chi connectivity index (χ2v) is 7.37. The van der Waals surface area contributed by atoms with Crippen molar-refractivity contribution in [3.8, 4) is 0 Å². The third-order valence-electron chi connectivity index (χ3n) is 5.27. The molecule has 1 saturated heterocycles. The van der Waals surface area contributed by atoms with Gasteiger partial charge in [-0.15, -0.1) is 0 Å². The van der Waals surface area contributed by atoms with E-state index in [-0.39, 0.29) is 12.1 Å². The molecule has 2 aromatic carbocycles. The minimum Gasteiger partial charge on any atom is -0.334 e. The predicted octanol–water partition coefficient (Wildman–Crippen LogP) is 3.85. The maximum absolute atomic E-state index is 12.7. The highest BCUT2D eigenvalue weighted by molar-refractivity contribution is 5.74. The third kappa shape index (κ3) is 4.60. The summed E-state index contributed by atoms with van der Waals surface area (Å²) < 4.78 is 1.91. The monoisotopic (exact) mass is 374 g/mol. The molecule has 1 fully saturated rings. The second-order valence-electron chi connectivity index (χ2n) is 7.37. The van der Waals surface area contributed by atoms with Gasteiger partial charge in [0.2, 0.25) is 0 Å². The van der Waals surface area contributed by atoms with E-state index < -0.39 is 0 Å². The van der Waals surface area contributed by atoms with Crippen molar-refractivity contribution in [2.24, 2.45) is 0 Å². The molecule has 1 unspecified atom stereocenters. The second kappa shape index (κ2) is 8.74. The van der Waals surface area contributed by atoms with Gasteiger partial charge < -0.3 is 10.2 Å². The van der Waals surface area contributed by atoms with Gasteiger partial charge >= 0.3 is 6.03 Å². The van der Waals surface area contributed by atoms with Crippen molar-refractivity contribution < 1.29 is 4.79 Å². The van der Waals surface area contributed by atoms with Crippen molar-refractivity contribution in [2.75, 3.05) is 6.54 Å². The number of urea groups is 1. The van der Waals surface area contributed by atoms with Gasteiger partial charge in [-0.1, -0.05) is 60.7 Å². The van der Waals surface area contributed by atoms with Crippen LogP contribution in [-0.4, -0.2) is 33.3 Å². The SMILES string of the molecule is O=C(NCc1cnn(Cc2ccccc2)c1)N1CCCC1Cc1ccccc1. The highest BCUT2D eigenvalue weighted by Gasteiger charge is 2.28. The number of aromatic nitrogens is 2. The van der Waals surface area contributed by atoms with E-state index in [1.807, 2.05) is 46.2 Å². The van der Waals surface area contributed by atoms with Gasteiger partial charge in [-0.05, 0) is 30.4 Å². The lowest BCUT2D eigenvalue weighted by Crippen LogP contribution is -2.43. The van der Waals surface area contributed by atoms with Crippen molar-refractivity contribution in [2.45, 2.75) is 38.4 Å². The van der Waals surface area contributed by atoms with Crippen LogP contribution in [0.25, 0.3) is 0 Å². The molecule has 1 aliphatic heterocycles. The molecular formula is C23H26N4O. The van der Waals surface area contributed by atoms with Gasteiger partial charge in [0.05, 0.1) is 12.7 Å². The Balaban J connectivity index is 1.30. The first-order valence-corrected chi connectivity index (χ1v) is 9.91. The van der Waals surface area contributed by atoms with E-state index in [1.165, 1.54) is 11.1 Å². The summed E-state index contributed by atoms with van der Waals surface area (Å²) in [5, 5.41) is 7.48. The largest absolute Gasteiger partial charge is 0.334 e. The lowest BCUT2D eigenvalue weighted by Gasteiger charge is -2.25. The predicted molar refractivity (Wildman–Crippen MR) is 110 cm³/mol. The highest BCUT2D eigenvalue weighted by atomic mass is 16.2. The van der Waals surface area contributed by atoms with Crippen LogP contribution in [0.3, 0.4) is 0 Å². The lowest BCUT2D eigenvalue weighted by molar-refractivity contribution is 0.192. The fraction of sp³-hybridized carbons (Fsp3) is 0.304. The van der Waals surface area contributed by atoms with Gasteiger partial charge in [-0.2, -0.15) is 5.10 Å². The van der Waals surface area contributed by atoms with Gasteiger partial charge in [-0.25, -0.2) is 4.79 Å². The Morgan fingerprint density at radius 1 is 1.00 bits per heavy atom. The molecule has 5 heteroatoms. The maximum atomic E-state index is 12.7. The molecule has 4 rings (SSSR count). The molecule has 5 nitrogen and oxygen atoms in total. The molecule has 1 aliphatic rings. The average Bonchev–Trinajstić information content (AvgIpc) is 3.37. The molecule has 0 bridgehead atoms. The number of hydrogen-bond donors (Lipinski definition) is 1. The average molecular weight is 374 g/mol. The van der Waals surface area contributed by atoms with Crippen molar-refractivity contribution in [3.63, 3.8) is 0 Å². The molecule has 0 spiro atoms. The molecule has 28 heavy (non-hydrogen) atoms.